The summed E-state index contributed by atoms with van der Waals surface area (Å²) in [5.41, 5.74) is 10.1. The number of hydrogen-bond donors (Lipinski definition) is 3. The Morgan fingerprint density at radius 1 is 1.10 bits per heavy atom. The van der Waals surface area contributed by atoms with E-state index in [4.69, 9.17) is 43.5 Å². The van der Waals surface area contributed by atoms with Gasteiger partial charge in [-0.25, -0.2) is 4.79 Å². The molecule has 0 saturated carbocycles. The van der Waals surface area contributed by atoms with Crippen LogP contribution in [-0.4, -0.2) is 71.0 Å². The molecule has 48 heavy (non-hydrogen) atoms. The molecule has 1 aromatic heterocycles. The summed E-state index contributed by atoms with van der Waals surface area (Å²) in [6, 6.07) is 15.3. The van der Waals surface area contributed by atoms with Crippen LogP contribution in [0, 0.1) is 6.92 Å². The number of nitrogens with zero attached hydrogens (tertiary/aromatic N) is 3. The second kappa shape index (κ2) is 16.2. The van der Waals surface area contributed by atoms with Crippen molar-refractivity contribution in [3.05, 3.63) is 93.7 Å². The van der Waals surface area contributed by atoms with Crippen molar-refractivity contribution in [3.63, 3.8) is 0 Å². The molecule has 0 spiro atoms. The highest BCUT2D eigenvalue weighted by Crippen LogP contribution is 2.42. The van der Waals surface area contributed by atoms with Gasteiger partial charge in [0.05, 0.1) is 18.4 Å². The van der Waals surface area contributed by atoms with Crippen LogP contribution in [0.15, 0.2) is 71.9 Å². The van der Waals surface area contributed by atoms with E-state index < -0.39 is 18.1 Å². The van der Waals surface area contributed by atoms with Gasteiger partial charge in [0.15, 0.2) is 0 Å². The smallest absolute Gasteiger partial charge is 0.414 e. The molecule has 0 bridgehead atoms. The third-order valence-corrected chi connectivity index (χ3v) is 9.61. The lowest BCUT2D eigenvalue weighted by molar-refractivity contribution is -0.138. The van der Waals surface area contributed by atoms with Crippen LogP contribution < -0.4 is 20.7 Å². The molecule has 1 atom stereocenters. The van der Waals surface area contributed by atoms with Crippen molar-refractivity contribution in [2.24, 2.45) is 5.73 Å². The van der Waals surface area contributed by atoms with Gasteiger partial charge in [0.25, 0.3) is 5.91 Å². The average Bonchev–Trinajstić information content (AvgIpc) is 3.55. The topological polar surface area (TPSA) is 149 Å². The summed E-state index contributed by atoms with van der Waals surface area (Å²) in [4.78, 5) is 39.3. The van der Waals surface area contributed by atoms with E-state index in [-0.39, 0.29) is 25.5 Å². The lowest BCUT2D eigenvalue weighted by atomic mass is 10.1. The maximum atomic E-state index is 13.1. The number of thioether (sulfide) groups is 1. The maximum absolute atomic E-state index is 13.1. The minimum atomic E-state index is -1.07. The largest absolute Gasteiger partial charge is 0.490 e. The number of aromatic nitrogens is 2. The number of carboxylic acids is 1. The molecule has 252 valence electrons. The summed E-state index contributed by atoms with van der Waals surface area (Å²) in [5.74, 6) is -0.0154. The van der Waals surface area contributed by atoms with Gasteiger partial charge in [-0.15, -0.1) is 11.8 Å². The predicted molar refractivity (Wildman–Crippen MR) is 186 cm³/mol. The number of ether oxygens (including phenoxy) is 2. The van der Waals surface area contributed by atoms with Crippen molar-refractivity contribution in [2.45, 2.75) is 37.2 Å². The molecule has 3 aromatic carbocycles. The maximum Gasteiger partial charge on any atom is 0.414 e. The molecule has 0 radical (unpaired) electrons. The van der Waals surface area contributed by atoms with Gasteiger partial charge in [-0.1, -0.05) is 41.4 Å². The van der Waals surface area contributed by atoms with Crippen LogP contribution in [0.4, 0.5) is 10.5 Å². The van der Waals surface area contributed by atoms with Gasteiger partial charge >= 0.3 is 12.1 Å². The number of aliphatic carboxylic acids is 1. The van der Waals surface area contributed by atoms with E-state index in [0.29, 0.717) is 58.7 Å². The zero-order chi connectivity index (χ0) is 34.2. The Balaban J connectivity index is 1.21. The Labute approximate surface area is 292 Å². The van der Waals surface area contributed by atoms with Crippen molar-refractivity contribution in [1.29, 1.82) is 0 Å². The van der Waals surface area contributed by atoms with Gasteiger partial charge in [0, 0.05) is 62.2 Å². The first kappa shape index (κ1) is 35.1. The zero-order valence-corrected chi connectivity index (χ0v) is 28.5. The minimum absolute atomic E-state index is 0.0865. The monoisotopic (exact) mass is 711 g/mol. The number of carbonyl (C=O) groups excluding carboxylic acids is 2. The molecular weight excluding hydrogens is 677 g/mol. The Hall–Kier alpha value is -4.23. The third-order valence-electron chi connectivity index (χ3n) is 7.73. The number of benzene rings is 3. The average molecular weight is 713 g/mol. The van der Waals surface area contributed by atoms with E-state index in [1.807, 2.05) is 43.5 Å². The zero-order valence-electron chi connectivity index (χ0n) is 26.2. The number of nitrogens with two attached hydrogens (primary N) is 1. The van der Waals surface area contributed by atoms with E-state index in [0.717, 1.165) is 27.3 Å². The summed E-state index contributed by atoms with van der Waals surface area (Å²) >= 11 is 14.3. The van der Waals surface area contributed by atoms with Gasteiger partial charge in [0.1, 0.15) is 25.0 Å². The molecule has 0 saturated heterocycles. The minimum Gasteiger partial charge on any atom is -0.490 e. The molecule has 2 heterocycles. The number of halogens is 2. The van der Waals surface area contributed by atoms with E-state index in [1.165, 1.54) is 0 Å². The van der Waals surface area contributed by atoms with Crippen molar-refractivity contribution >= 4 is 58.6 Å². The highest BCUT2D eigenvalue weighted by molar-refractivity contribution is 7.99. The van der Waals surface area contributed by atoms with E-state index in [2.05, 4.69) is 10.4 Å². The van der Waals surface area contributed by atoms with Gasteiger partial charge in [0.2, 0.25) is 0 Å². The Morgan fingerprint density at radius 2 is 1.92 bits per heavy atom. The number of anilines is 1. The van der Waals surface area contributed by atoms with E-state index >= 15 is 0 Å². The van der Waals surface area contributed by atoms with Gasteiger partial charge in [-0.2, -0.15) is 5.10 Å². The summed E-state index contributed by atoms with van der Waals surface area (Å²) in [7, 11) is 0. The normalized spacial score (nSPS) is 13.0. The van der Waals surface area contributed by atoms with Gasteiger partial charge in [-0.05, 0) is 61.7 Å². The van der Waals surface area contributed by atoms with Crippen molar-refractivity contribution in [2.75, 3.05) is 37.0 Å². The third kappa shape index (κ3) is 8.62. The number of fused-ring (bicyclic) bond motifs is 1. The van der Waals surface area contributed by atoms with Crippen LogP contribution in [-0.2, 0) is 16.1 Å². The predicted octanol–water partition coefficient (Wildman–Crippen LogP) is 6.26. The quantitative estimate of drug-likeness (QED) is 0.137. The standard InChI is InChI=1S/C34H35Cl2N5O6S/c1-21-26(35)6-3-9-30(21)46-14-15-47-34(45)41-13-16-48-31-25(5-2-8-29(31)41)24-18-39-40(20-24)19-23-17-22(10-11-27(23)36)32(42)38-12-4-7-28(37)33(43)44/h2-3,5-6,8-11,17-18,20,28H,4,7,12-16,19,37H2,1H3,(H,38,42)(H,43,44). The number of rotatable bonds is 13. The number of nitrogens with one attached hydrogen (secondary N) is 1. The second-order valence-corrected chi connectivity index (χ2v) is 13.0. The number of hydrogen-bond acceptors (Lipinski definition) is 8. The lowest BCUT2D eigenvalue weighted by Gasteiger charge is -2.29. The highest BCUT2D eigenvalue weighted by atomic mass is 35.5. The molecule has 4 N–H and O–H groups in total. The van der Waals surface area contributed by atoms with Crippen molar-refractivity contribution in [3.8, 4) is 16.9 Å². The number of carboxylic acid groups (broad SMARTS) is 1. The molecule has 11 nitrogen and oxygen atoms in total. The summed E-state index contributed by atoms with van der Waals surface area (Å²) in [6.07, 6.45) is 3.91. The summed E-state index contributed by atoms with van der Waals surface area (Å²) < 4.78 is 13.1. The van der Waals surface area contributed by atoms with Crippen LogP contribution in [0.5, 0.6) is 5.75 Å². The van der Waals surface area contributed by atoms with Crippen LogP contribution in [0.25, 0.3) is 11.1 Å². The van der Waals surface area contributed by atoms with Crippen molar-refractivity contribution < 1.29 is 29.0 Å². The van der Waals surface area contributed by atoms with Gasteiger partial charge in [-0.3, -0.25) is 19.2 Å². The molecule has 2 amide bonds. The van der Waals surface area contributed by atoms with Crippen molar-refractivity contribution in [1.82, 2.24) is 15.1 Å². The number of amides is 2. The molecule has 1 aliphatic rings. The molecule has 1 aliphatic heterocycles. The Bertz CT molecular complexity index is 1800. The fourth-order valence-electron chi connectivity index (χ4n) is 5.12. The van der Waals surface area contributed by atoms with Crippen LogP contribution in [0.2, 0.25) is 10.0 Å². The number of carbonyl (C=O) groups is 3. The molecule has 0 aliphatic carbocycles. The lowest BCUT2D eigenvalue weighted by Crippen LogP contribution is -2.36. The van der Waals surface area contributed by atoms with Crippen LogP contribution in [0.3, 0.4) is 0 Å². The van der Waals surface area contributed by atoms with Gasteiger partial charge < -0.3 is 25.6 Å². The SMILES string of the molecule is Cc1c(Cl)cccc1OCCOC(=O)N1CCSc2c(-c3cnn(Cc4cc(C(=O)NCCCC(N)C(=O)O)ccc4Cl)c3)cccc21. The first-order chi connectivity index (χ1) is 23.1. The van der Waals surface area contributed by atoms with E-state index in [1.54, 1.807) is 51.8 Å². The first-order valence-corrected chi connectivity index (χ1v) is 17.0. The second-order valence-electron chi connectivity index (χ2n) is 11.1. The molecule has 5 rings (SSSR count). The van der Waals surface area contributed by atoms with Crippen LogP contribution in [0.1, 0.15) is 34.3 Å². The molecule has 1 unspecified atom stereocenters. The molecular formula is C34H35Cl2N5O6S. The highest BCUT2D eigenvalue weighted by Gasteiger charge is 2.27. The summed E-state index contributed by atoms with van der Waals surface area (Å²) in [6.45, 7) is 3.28. The van der Waals surface area contributed by atoms with Crippen LogP contribution >= 0.6 is 35.0 Å². The fourth-order valence-corrected chi connectivity index (χ4v) is 6.61. The summed E-state index contributed by atoms with van der Waals surface area (Å²) in [5, 5.41) is 17.4. The molecule has 14 heteroatoms. The van der Waals surface area contributed by atoms with E-state index in [9.17, 15) is 14.4 Å². The Kier molecular flexibility index (Phi) is 11.9. The fraction of sp³-hybridized carbons (Fsp3) is 0.294. The molecule has 0 fully saturated rings. The molecule has 4 aromatic rings. The first-order valence-electron chi connectivity index (χ1n) is 15.3. The Morgan fingerprint density at radius 3 is 2.73 bits per heavy atom.